The largest absolute Gasteiger partial charge is 0.395 e. The summed E-state index contributed by atoms with van der Waals surface area (Å²) in [7, 11) is 0. The first-order chi connectivity index (χ1) is 7.26. The lowest BCUT2D eigenvalue weighted by molar-refractivity contribution is -0.0191. The summed E-state index contributed by atoms with van der Waals surface area (Å²) < 4.78 is 0. The van der Waals surface area contributed by atoms with E-state index in [2.05, 4.69) is 12.2 Å². The molecule has 0 aromatic heterocycles. The molecular weight excluding hydrogens is 186 g/mol. The molecule has 0 unspecified atom stereocenters. The minimum atomic E-state index is 0.281. The van der Waals surface area contributed by atoms with Gasteiger partial charge in [0.2, 0.25) is 0 Å². The van der Waals surface area contributed by atoms with Crippen LogP contribution in [0, 0.1) is 23.7 Å². The number of rotatable bonds is 3. The smallest absolute Gasteiger partial charge is 0.0582 e. The molecule has 0 amide bonds. The minimum Gasteiger partial charge on any atom is -0.395 e. The molecule has 0 aromatic carbocycles. The molecular formula is C13H23NO. The first-order valence-corrected chi connectivity index (χ1v) is 6.63. The van der Waals surface area contributed by atoms with Crippen molar-refractivity contribution in [2.45, 2.75) is 51.1 Å². The van der Waals surface area contributed by atoms with Crippen LogP contribution in [0.15, 0.2) is 0 Å². The van der Waals surface area contributed by atoms with Crippen LogP contribution in [0.3, 0.4) is 0 Å². The van der Waals surface area contributed by atoms with Gasteiger partial charge in [0.05, 0.1) is 6.61 Å². The lowest BCUT2D eigenvalue weighted by Crippen LogP contribution is -2.56. The topological polar surface area (TPSA) is 32.3 Å². The van der Waals surface area contributed by atoms with Crippen molar-refractivity contribution in [1.82, 2.24) is 5.32 Å². The van der Waals surface area contributed by atoms with E-state index in [1.807, 2.05) is 0 Å². The number of aliphatic hydroxyl groups is 1. The Morgan fingerprint density at radius 3 is 2.07 bits per heavy atom. The second-order valence-electron chi connectivity index (χ2n) is 6.21. The van der Waals surface area contributed by atoms with Gasteiger partial charge in [-0.1, -0.05) is 0 Å². The highest BCUT2D eigenvalue weighted by Gasteiger charge is 2.48. The minimum absolute atomic E-state index is 0.281. The highest BCUT2D eigenvalue weighted by molar-refractivity contribution is 5.01. The Labute approximate surface area is 92.4 Å². The quantitative estimate of drug-likeness (QED) is 0.742. The molecule has 4 fully saturated rings. The van der Waals surface area contributed by atoms with Crippen molar-refractivity contribution in [2.75, 3.05) is 6.61 Å². The normalized spacial score (nSPS) is 49.6. The van der Waals surface area contributed by atoms with E-state index in [1.165, 1.54) is 32.1 Å². The molecule has 2 nitrogen and oxygen atoms in total. The predicted octanol–water partition coefficient (Wildman–Crippen LogP) is 1.78. The molecule has 4 aliphatic carbocycles. The highest BCUT2D eigenvalue weighted by Crippen LogP contribution is 2.53. The molecule has 4 rings (SSSR count). The first kappa shape index (κ1) is 10.1. The lowest BCUT2D eigenvalue weighted by atomic mass is 9.54. The van der Waals surface area contributed by atoms with E-state index in [-0.39, 0.29) is 12.6 Å². The Balaban J connectivity index is 1.69. The van der Waals surface area contributed by atoms with Gasteiger partial charge in [-0.2, -0.15) is 0 Å². The van der Waals surface area contributed by atoms with Crippen molar-refractivity contribution >= 4 is 0 Å². The zero-order valence-corrected chi connectivity index (χ0v) is 9.65. The Hall–Kier alpha value is -0.0800. The van der Waals surface area contributed by atoms with Crippen molar-refractivity contribution in [2.24, 2.45) is 23.7 Å². The van der Waals surface area contributed by atoms with Gasteiger partial charge in [0, 0.05) is 12.1 Å². The third kappa shape index (κ3) is 1.72. The molecule has 2 heteroatoms. The van der Waals surface area contributed by atoms with Crippen LogP contribution < -0.4 is 5.32 Å². The van der Waals surface area contributed by atoms with Gasteiger partial charge in [0.25, 0.3) is 0 Å². The van der Waals surface area contributed by atoms with E-state index >= 15 is 0 Å². The van der Waals surface area contributed by atoms with Gasteiger partial charge < -0.3 is 10.4 Å². The summed E-state index contributed by atoms with van der Waals surface area (Å²) in [5.74, 6) is 3.95. The maximum Gasteiger partial charge on any atom is 0.0582 e. The summed E-state index contributed by atoms with van der Waals surface area (Å²) in [4.78, 5) is 0. The van der Waals surface area contributed by atoms with E-state index in [9.17, 15) is 0 Å². The summed E-state index contributed by atoms with van der Waals surface area (Å²) in [6.45, 7) is 2.38. The molecule has 0 saturated heterocycles. The Bertz CT molecular complexity index is 213. The average Bonchev–Trinajstić information content (AvgIpc) is 2.22. The van der Waals surface area contributed by atoms with E-state index in [0.29, 0.717) is 0 Å². The summed E-state index contributed by atoms with van der Waals surface area (Å²) in [5.41, 5.74) is 0. The van der Waals surface area contributed by atoms with Crippen LogP contribution in [0.5, 0.6) is 0 Å². The van der Waals surface area contributed by atoms with Crippen LogP contribution in [-0.2, 0) is 0 Å². The molecule has 86 valence electrons. The number of aliphatic hydroxyl groups excluding tert-OH is 1. The third-order valence-corrected chi connectivity index (χ3v) is 4.98. The molecule has 15 heavy (non-hydrogen) atoms. The van der Waals surface area contributed by atoms with Crippen LogP contribution in [0.1, 0.15) is 39.0 Å². The number of hydrogen-bond donors (Lipinski definition) is 2. The molecule has 0 radical (unpaired) electrons. The molecule has 2 N–H and O–H groups in total. The summed E-state index contributed by atoms with van der Waals surface area (Å²) in [5, 5.41) is 12.8. The van der Waals surface area contributed by atoms with Gasteiger partial charge in [0.15, 0.2) is 0 Å². The fourth-order valence-electron chi connectivity index (χ4n) is 4.58. The van der Waals surface area contributed by atoms with Crippen LogP contribution in [0.4, 0.5) is 0 Å². The molecule has 0 aromatic rings. The Kier molecular flexibility index (Phi) is 2.52. The Morgan fingerprint density at radius 2 is 1.60 bits per heavy atom. The fraction of sp³-hybridized carbons (Fsp3) is 1.00. The summed E-state index contributed by atoms with van der Waals surface area (Å²) in [6.07, 6.45) is 7.37. The maximum atomic E-state index is 9.13. The maximum absolute atomic E-state index is 9.13. The first-order valence-electron chi connectivity index (χ1n) is 6.63. The molecule has 1 atom stereocenters. The number of nitrogens with one attached hydrogen (secondary N) is 1. The van der Waals surface area contributed by atoms with Crippen molar-refractivity contribution in [1.29, 1.82) is 0 Å². The SMILES string of the molecule is C[C@H](CO)NC1C2CC3CC(C2)CC1C3. The van der Waals surface area contributed by atoms with Crippen LogP contribution in [0.2, 0.25) is 0 Å². The summed E-state index contributed by atoms with van der Waals surface area (Å²) >= 11 is 0. The standard InChI is InChI=1S/C13H23NO/c1-8(7-15)14-13-11-3-9-2-10(5-11)6-12(13)4-9/h8-15H,2-7H2,1H3/t8-,9?,10?,11?,12?,13?/m1/s1. The average molecular weight is 209 g/mol. The highest BCUT2D eigenvalue weighted by atomic mass is 16.3. The van der Waals surface area contributed by atoms with Gasteiger partial charge in [-0.05, 0) is 62.7 Å². The van der Waals surface area contributed by atoms with Crippen molar-refractivity contribution in [3.63, 3.8) is 0 Å². The number of hydrogen-bond acceptors (Lipinski definition) is 2. The molecule has 0 heterocycles. The second-order valence-corrected chi connectivity index (χ2v) is 6.21. The van der Waals surface area contributed by atoms with Gasteiger partial charge >= 0.3 is 0 Å². The predicted molar refractivity (Wildman–Crippen MR) is 60.5 cm³/mol. The fourth-order valence-corrected chi connectivity index (χ4v) is 4.58. The van der Waals surface area contributed by atoms with Crippen molar-refractivity contribution < 1.29 is 5.11 Å². The molecule has 4 saturated carbocycles. The van der Waals surface area contributed by atoms with Gasteiger partial charge in [-0.3, -0.25) is 0 Å². The van der Waals surface area contributed by atoms with Crippen LogP contribution >= 0.6 is 0 Å². The van der Waals surface area contributed by atoms with Gasteiger partial charge in [0.1, 0.15) is 0 Å². The zero-order valence-electron chi connectivity index (χ0n) is 9.65. The van der Waals surface area contributed by atoms with Gasteiger partial charge in [-0.15, -0.1) is 0 Å². The van der Waals surface area contributed by atoms with E-state index in [4.69, 9.17) is 5.11 Å². The second kappa shape index (κ2) is 3.74. The van der Waals surface area contributed by atoms with Crippen molar-refractivity contribution in [3.05, 3.63) is 0 Å². The van der Waals surface area contributed by atoms with Crippen molar-refractivity contribution in [3.8, 4) is 0 Å². The zero-order chi connectivity index (χ0) is 10.4. The monoisotopic (exact) mass is 209 g/mol. The molecule has 4 bridgehead atoms. The van der Waals surface area contributed by atoms with Gasteiger partial charge in [-0.25, -0.2) is 0 Å². The molecule has 4 aliphatic rings. The summed E-state index contributed by atoms with van der Waals surface area (Å²) in [6, 6.07) is 1.01. The van der Waals surface area contributed by atoms with Crippen LogP contribution in [0.25, 0.3) is 0 Å². The van der Waals surface area contributed by atoms with E-state index < -0.39 is 0 Å². The van der Waals surface area contributed by atoms with E-state index in [1.54, 1.807) is 0 Å². The third-order valence-electron chi connectivity index (χ3n) is 4.98. The van der Waals surface area contributed by atoms with Crippen LogP contribution in [-0.4, -0.2) is 23.8 Å². The lowest BCUT2D eigenvalue weighted by Gasteiger charge is -2.55. The Morgan fingerprint density at radius 1 is 1.07 bits per heavy atom. The van der Waals surface area contributed by atoms with E-state index in [0.717, 1.165) is 29.7 Å². The molecule has 0 spiro atoms. The molecule has 0 aliphatic heterocycles.